The lowest BCUT2D eigenvalue weighted by molar-refractivity contribution is -0.122. The molecular weight excluding hydrogens is 400 g/mol. The molecule has 2 aliphatic rings. The van der Waals surface area contributed by atoms with Crippen LogP contribution in [0.5, 0.6) is 0 Å². The summed E-state index contributed by atoms with van der Waals surface area (Å²) in [6.07, 6.45) is 4.08. The normalized spacial score (nSPS) is 18.8. The highest BCUT2D eigenvalue weighted by atomic mass is 32.1. The molecule has 0 bridgehead atoms. The highest BCUT2D eigenvalue weighted by Crippen LogP contribution is 2.33. The van der Waals surface area contributed by atoms with Crippen LogP contribution in [0.1, 0.15) is 32.1 Å². The average Bonchev–Trinajstić information content (AvgIpc) is 3.51. The first-order valence-electron chi connectivity index (χ1n) is 10.6. The molecule has 1 aromatic carbocycles. The lowest BCUT2D eigenvalue weighted by Crippen LogP contribution is -2.44. The van der Waals surface area contributed by atoms with E-state index in [9.17, 15) is 9.59 Å². The summed E-state index contributed by atoms with van der Waals surface area (Å²) < 4.78 is 0. The lowest BCUT2D eigenvalue weighted by Gasteiger charge is -2.23. The lowest BCUT2D eigenvalue weighted by atomic mass is 10.2. The molecule has 2 amide bonds. The van der Waals surface area contributed by atoms with Gasteiger partial charge in [0.2, 0.25) is 22.1 Å². The van der Waals surface area contributed by atoms with Gasteiger partial charge in [-0.3, -0.25) is 14.5 Å². The van der Waals surface area contributed by atoms with Crippen molar-refractivity contribution >= 4 is 39.1 Å². The highest BCUT2D eigenvalue weighted by molar-refractivity contribution is 7.19. The smallest absolute Gasteiger partial charge is 0.242 e. The number of aromatic nitrogens is 2. The fourth-order valence-corrected chi connectivity index (χ4v) is 4.97. The molecule has 0 aliphatic carbocycles. The SMILES string of the molecule is CN(CCCNC(=O)[C@H]1CCCN1c1nnc(N2CCCC2=O)s1)c1ccccc1. The van der Waals surface area contributed by atoms with Gasteiger partial charge >= 0.3 is 0 Å². The maximum Gasteiger partial charge on any atom is 0.242 e. The molecule has 0 unspecified atom stereocenters. The Hall–Kier alpha value is -2.68. The van der Waals surface area contributed by atoms with Gasteiger partial charge in [-0.2, -0.15) is 0 Å². The summed E-state index contributed by atoms with van der Waals surface area (Å²) in [5.41, 5.74) is 1.18. The third-order valence-electron chi connectivity index (χ3n) is 5.68. The number of anilines is 3. The Bertz CT molecular complexity index is 873. The Balaban J connectivity index is 1.27. The third-order valence-corrected chi connectivity index (χ3v) is 6.66. The van der Waals surface area contributed by atoms with Crippen LogP contribution < -0.4 is 20.0 Å². The summed E-state index contributed by atoms with van der Waals surface area (Å²) in [5, 5.41) is 12.9. The van der Waals surface area contributed by atoms with E-state index in [-0.39, 0.29) is 17.9 Å². The molecule has 4 rings (SSSR count). The molecule has 0 spiro atoms. The molecule has 1 aromatic heterocycles. The zero-order valence-corrected chi connectivity index (χ0v) is 18.1. The van der Waals surface area contributed by atoms with E-state index < -0.39 is 0 Å². The molecule has 1 atom stereocenters. The van der Waals surface area contributed by atoms with E-state index in [0.717, 1.165) is 43.9 Å². The van der Waals surface area contributed by atoms with Crippen LogP contribution in [0, 0.1) is 0 Å². The molecule has 0 radical (unpaired) electrons. The molecular formula is C21H28N6O2S. The molecule has 2 aromatic rings. The first-order chi connectivity index (χ1) is 14.6. The van der Waals surface area contributed by atoms with Crippen molar-refractivity contribution in [1.82, 2.24) is 15.5 Å². The maximum atomic E-state index is 12.8. The van der Waals surface area contributed by atoms with Crippen molar-refractivity contribution < 1.29 is 9.59 Å². The second kappa shape index (κ2) is 9.42. The van der Waals surface area contributed by atoms with Gasteiger partial charge in [0, 0.05) is 45.3 Å². The van der Waals surface area contributed by atoms with Crippen molar-refractivity contribution in [3.63, 3.8) is 0 Å². The van der Waals surface area contributed by atoms with E-state index in [1.165, 1.54) is 17.0 Å². The van der Waals surface area contributed by atoms with Crippen LogP contribution in [0.3, 0.4) is 0 Å². The number of para-hydroxylation sites is 1. The number of hydrogen-bond donors (Lipinski definition) is 1. The minimum absolute atomic E-state index is 0.0452. The molecule has 0 saturated carbocycles. The van der Waals surface area contributed by atoms with E-state index in [4.69, 9.17) is 0 Å². The molecule has 2 saturated heterocycles. The zero-order valence-electron chi connectivity index (χ0n) is 17.3. The fraction of sp³-hybridized carbons (Fsp3) is 0.524. The van der Waals surface area contributed by atoms with Crippen LogP contribution in [-0.2, 0) is 9.59 Å². The van der Waals surface area contributed by atoms with Gasteiger partial charge in [-0.25, -0.2) is 0 Å². The summed E-state index contributed by atoms with van der Waals surface area (Å²) in [7, 11) is 2.06. The van der Waals surface area contributed by atoms with Crippen LogP contribution in [0.25, 0.3) is 0 Å². The van der Waals surface area contributed by atoms with Gasteiger partial charge in [0.15, 0.2) is 0 Å². The van der Waals surface area contributed by atoms with Gasteiger partial charge in [0.1, 0.15) is 6.04 Å². The molecule has 2 aliphatic heterocycles. The van der Waals surface area contributed by atoms with Gasteiger partial charge in [0.05, 0.1) is 0 Å². The van der Waals surface area contributed by atoms with Crippen LogP contribution in [-0.4, -0.2) is 61.3 Å². The largest absolute Gasteiger partial charge is 0.375 e. The number of rotatable bonds is 8. The van der Waals surface area contributed by atoms with Crippen molar-refractivity contribution in [3.05, 3.63) is 30.3 Å². The van der Waals surface area contributed by atoms with Gasteiger partial charge in [-0.1, -0.05) is 29.5 Å². The second-order valence-corrected chi connectivity index (χ2v) is 8.70. The fourth-order valence-electron chi connectivity index (χ4n) is 4.01. The van der Waals surface area contributed by atoms with E-state index in [2.05, 4.69) is 39.6 Å². The van der Waals surface area contributed by atoms with Crippen molar-refractivity contribution in [2.24, 2.45) is 0 Å². The number of hydrogen-bond acceptors (Lipinski definition) is 7. The van der Waals surface area contributed by atoms with E-state index in [0.29, 0.717) is 24.6 Å². The first kappa shape index (κ1) is 20.6. The number of nitrogens with zero attached hydrogens (tertiary/aromatic N) is 5. The number of amides is 2. The van der Waals surface area contributed by atoms with E-state index >= 15 is 0 Å². The van der Waals surface area contributed by atoms with Crippen LogP contribution in [0.15, 0.2) is 30.3 Å². The molecule has 8 nitrogen and oxygen atoms in total. The van der Waals surface area contributed by atoms with Gasteiger partial charge in [-0.15, -0.1) is 10.2 Å². The molecule has 3 heterocycles. The minimum Gasteiger partial charge on any atom is -0.375 e. The minimum atomic E-state index is -0.216. The summed E-state index contributed by atoms with van der Waals surface area (Å²) in [6.45, 7) is 3.01. The topological polar surface area (TPSA) is 81.7 Å². The molecule has 9 heteroatoms. The molecule has 30 heavy (non-hydrogen) atoms. The standard InChI is InChI=1S/C21H28N6O2S/c1-25(16-8-3-2-4-9-16)13-7-12-22-19(29)17-10-5-14-26(17)20-23-24-21(30-20)27-15-6-11-18(27)28/h2-4,8-9,17H,5-7,10-15H2,1H3,(H,22,29)/t17-/m1/s1. The Morgan fingerprint density at radius 3 is 2.77 bits per heavy atom. The summed E-state index contributed by atoms with van der Waals surface area (Å²) in [4.78, 5) is 30.7. The van der Waals surface area contributed by atoms with Crippen LogP contribution in [0.4, 0.5) is 16.0 Å². The number of carbonyl (C=O) groups excluding carboxylic acids is 2. The Kier molecular flexibility index (Phi) is 6.47. The number of carbonyl (C=O) groups is 2. The van der Waals surface area contributed by atoms with Crippen molar-refractivity contribution in [2.75, 3.05) is 47.9 Å². The van der Waals surface area contributed by atoms with Crippen molar-refractivity contribution in [2.45, 2.75) is 38.1 Å². The summed E-state index contributed by atoms with van der Waals surface area (Å²) in [6, 6.07) is 10.0. The Labute approximate surface area is 180 Å². The Morgan fingerprint density at radius 2 is 2.00 bits per heavy atom. The van der Waals surface area contributed by atoms with E-state index in [1.807, 2.05) is 23.1 Å². The molecule has 2 fully saturated rings. The maximum absolute atomic E-state index is 12.8. The number of benzene rings is 1. The Morgan fingerprint density at radius 1 is 1.20 bits per heavy atom. The van der Waals surface area contributed by atoms with Crippen LogP contribution in [0.2, 0.25) is 0 Å². The summed E-state index contributed by atoms with van der Waals surface area (Å²) >= 11 is 1.40. The zero-order chi connectivity index (χ0) is 20.9. The first-order valence-corrected chi connectivity index (χ1v) is 11.4. The quantitative estimate of drug-likeness (QED) is 0.650. The number of nitrogens with one attached hydrogen (secondary N) is 1. The van der Waals surface area contributed by atoms with Crippen LogP contribution >= 0.6 is 11.3 Å². The van der Waals surface area contributed by atoms with Crippen molar-refractivity contribution in [1.29, 1.82) is 0 Å². The van der Waals surface area contributed by atoms with E-state index in [1.54, 1.807) is 4.90 Å². The molecule has 160 valence electrons. The third kappa shape index (κ3) is 4.56. The van der Waals surface area contributed by atoms with Gasteiger partial charge < -0.3 is 15.1 Å². The highest BCUT2D eigenvalue weighted by Gasteiger charge is 2.34. The van der Waals surface area contributed by atoms with Gasteiger partial charge in [-0.05, 0) is 37.8 Å². The van der Waals surface area contributed by atoms with Gasteiger partial charge in [0.25, 0.3) is 0 Å². The predicted octanol–water partition coefficient (Wildman–Crippen LogP) is 2.28. The van der Waals surface area contributed by atoms with Crippen molar-refractivity contribution in [3.8, 4) is 0 Å². The second-order valence-electron chi connectivity index (χ2n) is 7.77. The predicted molar refractivity (Wildman–Crippen MR) is 119 cm³/mol. The average molecular weight is 429 g/mol. The summed E-state index contributed by atoms with van der Waals surface area (Å²) in [5.74, 6) is 0.151. The molecule has 1 N–H and O–H groups in total. The monoisotopic (exact) mass is 428 g/mol.